The second kappa shape index (κ2) is 9.88. The molecule has 1 N–H and O–H groups in total. The van der Waals surface area contributed by atoms with E-state index >= 15 is 0 Å². The van der Waals surface area contributed by atoms with Crippen molar-refractivity contribution in [1.82, 2.24) is 24.8 Å². The molecule has 1 aliphatic heterocycles. The Labute approximate surface area is 211 Å². The van der Waals surface area contributed by atoms with Gasteiger partial charge < -0.3 is 13.2 Å². The molecule has 5 rings (SSSR count). The van der Waals surface area contributed by atoms with Crippen molar-refractivity contribution < 1.29 is 9.53 Å². The lowest BCUT2D eigenvalue weighted by Crippen LogP contribution is -2.31. The molecule has 8 nitrogen and oxygen atoms in total. The molecule has 4 aromatic rings. The first-order chi connectivity index (χ1) is 16.6. The van der Waals surface area contributed by atoms with Crippen molar-refractivity contribution in [2.45, 2.75) is 32.9 Å². The summed E-state index contributed by atoms with van der Waals surface area (Å²) in [7, 11) is 0. The van der Waals surface area contributed by atoms with Crippen molar-refractivity contribution >= 4 is 45.5 Å². The van der Waals surface area contributed by atoms with Gasteiger partial charge in [0, 0.05) is 23.3 Å². The number of pyridine rings is 2. The molecular weight excluding hydrogens is 543 g/mol. The molecule has 1 aromatic carbocycles. The highest BCUT2D eigenvalue weighted by Crippen LogP contribution is 2.26. The first kappa shape index (κ1) is 22.5. The zero-order valence-corrected chi connectivity index (χ0v) is 20.8. The maximum atomic E-state index is 13.7. The summed E-state index contributed by atoms with van der Waals surface area (Å²) >= 11 is 2.07. The average Bonchev–Trinajstić information content (AvgIpc) is 2.87. The number of carbonyl (C=O) groups excluding carboxylic acids is 1. The largest absolute Gasteiger partial charge is 0.492 e. The molecule has 0 saturated heterocycles. The predicted molar refractivity (Wildman–Crippen MR) is 138 cm³/mol. The maximum Gasteiger partial charge on any atom is 0.254 e. The third kappa shape index (κ3) is 4.79. The number of hydrogen-bond acceptors (Lipinski definition) is 7. The molecule has 0 saturated carbocycles. The van der Waals surface area contributed by atoms with Gasteiger partial charge in [-0.15, -0.1) is 0 Å². The van der Waals surface area contributed by atoms with Gasteiger partial charge in [-0.2, -0.15) is 0 Å². The van der Waals surface area contributed by atoms with Crippen molar-refractivity contribution in [2.24, 2.45) is 0 Å². The number of nitrogens with one attached hydrogen (secondary N) is 1. The van der Waals surface area contributed by atoms with Crippen LogP contribution in [-0.4, -0.2) is 37.3 Å². The zero-order valence-electron chi connectivity index (χ0n) is 18.7. The van der Waals surface area contributed by atoms with E-state index in [1.54, 1.807) is 29.6 Å². The molecule has 3 aromatic heterocycles. The lowest BCUT2D eigenvalue weighted by Gasteiger charge is -2.23. The summed E-state index contributed by atoms with van der Waals surface area (Å²) in [5.41, 5.74) is 4.37. The summed E-state index contributed by atoms with van der Waals surface area (Å²) in [6, 6.07) is 11.4. The van der Waals surface area contributed by atoms with Gasteiger partial charge in [0.25, 0.3) is 5.91 Å². The zero-order chi connectivity index (χ0) is 23.5. The first-order valence-electron chi connectivity index (χ1n) is 11.0. The molecule has 34 heavy (non-hydrogen) atoms. The fourth-order valence-corrected chi connectivity index (χ4v) is 4.61. The van der Waals surface area contributed by atoms with E-state index in [4.69, 9.17) is 4.74 Å². The van der Waals surface area contributed by atoms with Crippen LogP contribution in [0.25, 0.3) is 10.9 Å². The second-order valence-electron chi connectivity index (χ2n) is 8.22. The van der Waals surface area contributed by atoms with Crippen LogP contribution in [0.15, 0.2) is 55.0 Å². The number of fused-ring (bicyclic) bond motifs is 2. The van der Waals surface area contributed by atoms with Gasteiger partial charge in [0.1, 0.15) is 17.4 Å². The Balaban J connectivity index is 1.47. The number of benzene rings is 1. The van der Waals surface area contributed by atoms with Gasteiger partial charge in [-0.3, -0.25) is 9.78 Å². The fraction of sp³-hybridized carbons (Fsp3) is 0.240. The number of hydrogen-bond donors (Lipinski definition) is 1. The molecule has 0 radical (unpaired) electrons. The number of aromatic nitrogens is 4. The van der Waals surface area contributed by atoms with Crippen molar-refractivity contribution in [3.8, 4) is 5.75 Å². The number of halogens is 1. The highest BCUT2D eigenvalue weighted by molar-refractivity contribution is 14.1. The van der Waals surface area contributed by atoms with E-state index in [9.17, 15) is 4.79 Å². The van der Waals surface area contributed by atoms with Crippen molar-refractivity contribution in [2.75, 3.05) is 10.1 Å². The van der Waals surface area contributed by atoms with E-state index < -0.39 is 0 Å². The standard InChI is InChI=1S/C25H23IN6O2/c1-16-10-19-11-18(5-6-21(19)30-24(16)31-26)25(33)32(15-23-27-7-3-8-28-23)14-20-12-17-4-2-9-34-22(17)13-29-20/h3,5-8,10-13H,2,4,9,14-15H2,1H3,(H,30,31). The first-order valence-corrected chi connectivity index (χ1v) is 12.1. The maximum absolute atomic E-state index is 13.7. The van der Waals surface area contributed by atoms with E-state index in [0.717, 1.165) is 58.7 Å². The third-order valence-corrected chi connectivity index (χ3v) is 6.30. The van der Waals surface area contributed by atoms with Crippen molar-refractivity contribution in [3.63, 3.8) is 0 Å². The van der Waals surface area contributed by atoms with Crippen LogP contribution in [-0.2, 0) is 19.5 Å². The third-order valence-electron chi connectivity index (χ3n) is 5.79. The number of aryl methyl sites for hydroxylation is 2. The molecule has 4 heterocycles. The molecule has 0 spiro atoms. The van der Waals surface area contributed by atoms with Gasteiger partial charge in [0.2, 0.25) is 0 Å². The van der Waals surface area contributed by atoms with Gasteiger partial charge in [0.05, 0.1) is 60.0 Å². The molecule has 0 fully saturated rings. The van der Waals surface area contributed by atoms with Gasteiger partial charge in [-0.25, -0.2) is 15.0 Å². The summed E-state index contributed by atoms with van der Waals surface area (Å²) in [5.74, 6) is 2.11. The minimum Gasteiger partial charge on any atom is -0.492 e. The number of carbonyl (C=O) groups is 1. The Hall–Kier alpha value is -3.34. The predicted octanol–water partition coefficient (Wildman–Crippen LogP) is 4.66. The Bertz CT molecular complexity index is 1350. The smallest absolute Gasteiger partial charge is 0.254 e. The molecule has 1 amide bonds. The Morgan fingerprint density at radius 1 is 1.15 bits per heavy atom. The Morgan fingerprint density at radius 3 is 2.82 bits per heavy atom. The summed E-state index contributed by atoms with van der Waals surface area (Å²) < 4.78 is 8.76. The van der Waals surface area contributed by atoms with Crippen molar-refractivity contribution in [1.29, 1.82) is 0 Å². The van der Waals surface area contributed by atoms with Crippen LogP contribution in [0.3, 0.4) is 0 Å². The highest BCUT2D eigenvalue weighted by Gasteiger charge is 2.20. The molecular formula is C25H23IN6O2. The Morgan fingerprint density at radius 2 is 2.00 bits per heavy atom. The normalized spacial score (nSPS) is 12.6. The van der Waals surface area contributed by atoms with E-state index in [1.807, 2.05) is 37.3 Å². The number of amides is 1. The minimum absolute atomic E-state index is 0.112. The van der Waals surface area contributed by atoms with Gasteiger partial charge in [0.15, 0.2) is 0 Å². The molecule has 0 aliphatic carbocycles. The lowest BCUT2D eigenvalue weighted by molar-refractivity contribution is 0.0723. The number of ether oxygens (including phenoxy) is 1. The summed E-state index contributed by atoms with van der Waals surface area (Å²) in [6.07, 6.45) is 7.06. The van der Waals surface area contributed by atoms with Gasteiger partial charge in [-0.1, -0.05) is 0 Å². The minimum atomic E-state index is -0.112. The van der Waals surface area contributed by atoms with Crippen LogP contribution in [0.2, 0.25) is 0 Å². The average molecular weight is 566 g/mol. The topological polar surface area (TPSA) is 93.1 Å². The molecule has 0 bridgehead atoms. The van der Waals surface area contributed by atoms with Crippen LogP contribution in [0.4, 0.5) is 5.82 Å². The fourth-order valence-electron chi connectivity index (χ4n) is 4.06. The lowest BCUT2D eigenvalue weighted by atomic mass is 10.1. The monoisotopic (exact) mass is 566 g/mol. The summed E-state index contributed by atoms with van der Waals surface area (Å²) in [4.78, 5) is 33.2. The molecule has 172 valence electrons. The van der Waals surface area contributed by atoms with Crippen LogP contribution in [0.5, 0.6) is 5.75 Å². The highest BCUT2D eigenvalue weighted by atomic mass is 127. The molecule has 1 aliphatic rings. The van der Waals surface area contributed by atoms with Crippen LogP contribution < -0.4 is 8.27 Å². The van der Waals surface area contributed by atoms with E-state index in [2.05, 4.69) is 46.3 Å². The SMILES string of the molecule is Cc1cc2cc(C(=O)N(Cc3cc4c(cn3)OCCC4)Cc3ncccn3)ccc2nc1NI. The van der Waals surface area contributed by atoms with Crippen LogP contribution in [0.1, 0.15) is 39.4 Å². The van der Waals surface area contributed by atoms with Gasteiger partial charge >= 0.3 is 0 Å². The number of rotatable bonds is 6. The van der Waals surface area contributed by atoms with Gasteiger partial charge in [-0.05, 0) is 67.3 Å². The number of nitrogens with zero attached hydrogens (tertiary/aromatic N) is 5. The summed E-state index contributed by atoms with van der Waals surface area (Å²) in [6.45, 7) is 3.33. The quantitative estimate of drug-likeness (QED) is 0.268. The van der Waals surface area contributed by atoms with Crippen LogP contribution >= 0.6 is 22.9 Å². The van der Waals surface area contributed by atoms with Crippen LogP contribution in [0, 0.1) is 6.92 Å². The molecule has 0 atom stereocenters. The van der Waals surface area contributed by atoms with E-state index in [1.165, 1.54) is 0 Å². The second-order valence-corrected chi connectivity index (χ2v) is 8.76. The Kier molecular flexibility index (Phi) is 6.52. The number of anilines is 1. The summed E-state index contributed by atoms with van der Waals surface area (Å²) in [5, 5.41) is 0.915. The molecule has 9 heteroatoms. The van der Waals surface area contributed by atoms with E-state index in [-0.39, 0.29) is 12.5 Å². The van der Waals surface area contributed by atoms with E-state index in [0.29, 0.717) is 17.9 Å². The van der Waals surface area contributed by atoms with Crippen molar-refractivity contribution in [3.05, 3.63) is 83.2 Å². The molecule has 0 unspecified atom stereocenters.